The third-order valence-electron chi connectivity index (χ3n) is 5.49. The second kappa shape index (κ2) is 15.4. The minimum atomic E-state index is -0.319. The van der Waals surface area contributed by atoms with Gasteiger partial charge >= 0.3 is 5.97 Å². The second-order valence-electron chi connectivity index (χ2n) is 8.27. The number of carbonyl (C=O) groups excluding carboxylic acids is 1. The molecule has 0 bridgehead atoms. The number of nitrogens with zero attached hydrogens (tertiary/aromatic N) is 1. The average Bonchev–Trinajstić information content (AvgIpc) is 2.79. The predicted molar refractivity (Wildman–Crippen MR) is 130 cm³/mol. The summed E-state index contributed by atoms with van der Waals surface area (Å²) in [5.74, 6) is 0.240. The van der Waals surface area contributed by atoms with E-state index in [0.29, 0.717) is 5.75 Å². The number of esters is 1. The number of hydrogen-bond donors (Lipinski definition) is 0. The van der Waals surface area contributed by atoms with Crippen LogP contribution in [0.15, 0.2) is 54.7 Å². The number of rotatable bonds is 15. The van der Waals surface area contributed by atoms with Crippen LogP contribution in [0, 0.1) is 0 Å². The lowest BCUT2D eigenvalue weighted by Crippen LogP contribution is -2.03. The van der Waals surface area contributed by atoms with Gasteiger partial charge in [0.1, 0.15) is 5.75 Å². The van der Waals surface area contributed by atoms with Crippen LogP contribution in [0.1, 0.15) is 90.0 Å². The van der Waals surface area contributed by atoms with E-state index in [-0.39, 0.29) is 5.97 Å². The Balaban J connectivity index is 1.75. The third-order valence-corrected chi connectivity index (χ3v) is 5.49. The molecule has 0 amide bonds. The molecule has 1 heterocycles. The largest absolute Gasteiger partial charge is 0.423 e. The van der Waals surface area contributed by atoms with Crippen molar-refractivity contribution >= 4 is 5.97 Å². The van der Waals surface area contributed by atoms with Crippen molar-refractivity contribution in [3.63, 3.8) is 0 Å². The molecular weight excluding hydrogens is 382 g/mol. The second-order valence-corrected chi connectivity index (χ2v) is 8.27. The number of unbranched alkanes of at least 4 members (excludes halogenated alkanes) is 9. The molecule has 0 fully saturated rings. The van der Waals surface area contributed by atoms with Gasteiger partial charge in [-0.1, -0.05) is 77.4 Å². The van der Waals surface area contributed by atoms with E-state index >= 15 is 0 Å². The Kier molecular flexibility index (Phi) is 12.3. The third kappa shape index (κ3) is 10.4. The lowest BCUT2D eigenvalue weighted by Gasteiger charge is -2.06. The Labute approximate surface area is 188 Å². The van der Waals surface area contributed by atoms with E-state index < -0.39 is 0 Å². The van der Waals surface area contributed by atoms with E-state index in [1.807, 2.05) is 36.5 Å². The fourth-order valence-corrected chi connectivity index (χ4v) is 3.57. The summed E-state index contributed by atoms with van der Waals surface area (Å²) in [7, 11) is 0. The summed E-state index contributed by atoms with van der Waals surface area (Å²) in [5.41, 5.74) is 3.26. The first-order valence-corrected chi connectivity index (χ1v) is 12.2. The highest BCUT2D eigenvalue weighted by atomic mass is 16.5. The Hall–Kier alpha value is -2.42. The van der Waals surface area contributed by atoms with Gasteiger partial charge in [0.2, 0.25) is 0 Å². The summed E-state index contributed by atoms with van der Waals surface area (Å²) in [6, 6.07) is 11.8. The van der Waals surface area contributed by atoms with Gasteiger partial charge in [-0.05, 0) is 61.6 Å². The standard InChI is InChI=1S/C28H39NO2/c1-3-5-7-9-11-13-15-24-17-22-27(29-23-24)25-18-20-26(21-19-25)31-28(30)16-14-12-10-8-6-4-2/h14,16-23H,3-13,15H2,1-2H3. The zero-order valence-electron chi connectivity index (χ0n) is 19.4. The van der Waals surface area contributed by atoms with Crippen molar-refractivity contribution < 1.29 is 9.53 Å². The van der Waals surface area contributed by atoms with Crippen LogP contribution >= 0.6 is 0 Å². The first kappa shape index (κ1) is 24.8. The van der Waals surface area contributed by atoms with E-state index in [4.69, 9.17) is 4.74 Å². The zero-order valence-corrected chi connectivity index (χ0v) is 19.4. The molecule has 0 saturated heterocycles. The summed E-state index contributed by atoms with van der Waals surface area (Å²) in [4.78, 5) is 16.6. The SMILES string of the molecule is CCCCCCC=CC(=O)Oc1ccc(-c2ccc(CCCCCCCC)cn2)cc1. The van der Waals surface area contributed by atoms with Crippen molar-refractivity contribution in [2.75, 3.05) is 0 Å². The Morgan fingerprint density at radius 1 is 0.839 bits per heavy atom. The van der Waals surface area contributed by atoms with Gasteiger partial charge in [0, 0.05) is 17.8 Å². The normalized spacial score (nSPS) is 11.2. The van der Waals surface area contributed by atoms with Crippen molar-refractivity contribution in [3.8, 4) is 17.0 Å². The molecule has 31 heavy (non-hydrogen) atoms. The van der Waals surface area contributed by atoms with Crippen LogP contribution in [0.4, 0.5) is 0 Å². The predicted octanol–water partition coefficient (Wildman–Crippen LogP) is 8.08. The van der Waals surface area contributed by atoms with E-state index in [9.17, 15) is 4.79 Å². The van der Waals surface area contributed by atoms with E-state index in [1.165, 1.54) is 69.4 Å². The van der Waals surface area contributed by atoms with Crippen LogP contribution in [0.3, 0.4) is 0 Å². The molecule has 3 heteroatoms. The molecule has 0 aliphatic rings. The summed E-state index contributed by atoms with van der Waals surface area (Å²) in [6.07, 6.45) is 20.1. The number of allylic oxidation sites excluding steroid dienone is 1. The van der Waals surface area contributed by atoms with Crippen LogP contribution in [0.5, 0.6) is 5.75 Å². The van der Waals surface area contributed by atoms with Gasteiger partial charge in [-0.15, -0.1) is 0 Å². The first-order chi connectivity index (χ1) is 15.2. The number of pyridine rings is 1. The first-order valence-electron chi connectivity index (χ1n) is 12.2. The Morgan fingerprint density at radius 2 is 1.52 bits per heavy atom. The minimum Gasteiger partial charge on any atom is -0.423 e. The van der Waals surface area contributed by atoms with Crippen molar-refractivity contribution in [2.24, 2.45) is 0 Å². The fraction of sp³-hybridized carbons (Fsp3) is 0.500. The molecule has 0 atom stereocenters. The molecule has 3 nitrogen and oxygen atoms in total. The Morgan fingerprint density at radius 3 is 2.19 bits per heavy atom. The summed E-state index contributed by atoms with van der Waals surface area (Å²) >= 11 is 0. The monoisotopic (exact) mass is 421 g/mol. The topological polar surface area (TPSA) is 39.2 Å². The number of ether oxygens (including phenoxy) is 1. The maximum Gasteiger partial charge on any atom is 0.335 e. The zero-order chi connectivity index (χ0) is 22.2. The number of carbonyl (C=O) groups is 1. The molecule has 0 radical (unpaired) electrons. The van der Waals surface area contributed by atoms with E-state index in [0.717, 1.165) is 30.5 Å². The van der Waals surface area contributed by atoms with Crippen molar-refractivity contribution in [2.45, 2.75) is 90.9 Å². The van der Waals surface area contributed by atoms with E-state index in [1.54, 1.807) is 0 Å². The van der Waals surface area contributed by atoms with Gasteiger partial charge in [-0.25, -0.2) is 4.79 Å². The molecule has 2 rings (SSSR count). The lowest BCUT2D eigenvalue weighted by atomic mass is 10.1. The molecule has 2 aromatic rings. The minimum absolute atomic E-state index is 0.319. The summed E-state index contributed by atoms with van der Waals surface area (Å²) in [6.45, 7) is 4.45. The molecule has 168 valence electrons. The van der Waals surface area contributed by atoms with Crippen LogP contribution in [-0.2, 0) is 11.2 Å². The molecule has 0 spiro atoms. The number of hydrogen-bond acceptors (Lipinski definition) is 3. The molecule has 0 aliphatic carbocycles. The van der Waals surface area contributed by atoms with Crippen molar-refractivity contribution in [3.05, 3.63) is 60.3 Å². The van der Waals surface area contributed by atoms with Crippen LogP contribution in [0.2, 0.25) is 0 Å². The highest BCUT2D eigenvalue weighted by Crippen LogP contribution is 2.21. The van der Waals surface area contributed by atoms with E-state index in [2.05, 4.69) is 31.0 Å². The fourth-order valence-electron chi connectivity index (χ4n) is 3.57. The molecule has 0 aliphatic heterocycles. The van der Waals surface area contributed by atoms with Gasteiger partial charge in [0.25, 0.3) is 0 Å². The molecule has 0 saturated carbocycles. The highest BCUT2D eigenvalue weighted by molar-refractivity contribution is 5.84. The molecule has 0 N–H and O–H groups in total. The Bertz CT molecular complexity index is 763. The smallest absolute Gasteiger partial charge is 0.335 e. The van der Waals surface area contributed by atoms with Gasteiger partial charge < -0.3 is 4.74 Å². The highest BCUT2D eigenvalue weighted by Gasteiger charge is 2.04. The van der Waals surface area contributed by atoms with Gasteiger partial charge in [0.15, 0.2) is 0 Å². The quantitative estimate of drug-likeness (QED) is 0.126. The van der Waals surface area contributed by atoms with Crippen LogP contribution in [0.25, 0.3) is 11.3 Å². The average molecular weight is 422 g/mol. The van der Waals surface area contributed by atoms with Crippen molar-refractivity contribution in [1.82, 2.24) is 4.98 Å². The summed E-state index contributed by atoms with van der Waals surface area (Å²) in [5, 5.41) is 0. The number of aryl methyl sites for hydroxylation is 1. The number of aromatic nitrogens is 1. The molecular formula is C28H39NO2. The maximum absolute atomic E-state index is 11.9. The maximum atomic E-state index is 11.9. The van der Waals surface area contributed by atoms with Crippen LogP contribution < -0.4 is 4.74 Å². The van der Waals surface area contributed by atoms with Crippen molar-refractivity contribution in [1.29, 1.82) is 0 Å². The molecule has 1 aromatic heterocycles. The van der Waals surface area contributed by atoms with Gasteiger partial charge in [-0.3, -0.25) is 4.98 Å². The summed E-state index contributed by atoms with van der Waals surface area (Å²) < 4.78 is 5.39. The van der Waals surface area contributed by atoms with Crippen LogP contribution in [-0.4, -0.2) is 11.0 Å². The molecule has 1 aromatic carbocycles. The van der Waals surface area contributed by atoms with Gasteiger partial charge in [0.05, 0.1) is 5.69 Å². The molecule has 0 unspecified atom stereocenters. The lowest BCUT2D eigenvalue weighted by molar-refractivity contribution is -0.129. The number of benzene rings is 1. The van der Waals surface area contributed by atoms with Gasteiger partial charge in [-0.2, -0.15) is 0 Å².